The van der Waals surface area contributed by atoms with Gasteiger partial charge in [-0.3, -0.25) is 0 Å². The second kappa shape index (κ2) is 7.98. The van der Waals surface area contributed by atoms with E-state index in [1.807, 2.05) is 42.5 Å². The van der Waals surface area contributed by atoms with Gasteiger partial charge in [-0.05, 0) is 0 Å². The standard InChI is InChI=1S/C8H7O.C5H5.Fe/c1-2-8(9)7-5-3-4-6-7;1-2-4-5-3-1;/h2-6H,1H2;1-5H;/q2*-1;+2. The zero-order valence-electron chi connectivity index (χ0n) is 8.24. The van der Waals surface area contributed by atoms with Crippen molar-refractivity contribution in [3.05, 3.63) is 72.8 Å². The van der Waals surface area contributed by atoms with E-state index in [1.165, 1.54) is 6.08 Å². The minimum absolute atomic E-state index is 0. The predicted molar refractivity (Wildman–Crippen MR) is 58.6 cm³/mol. The molecule has 0 unspecified atom stereocenters. The van der Waals surface area contributed by atoms with E-state index in [1.54, 1.807) is 12.1 Å². The van der Waals surface area contributed by atoms with E-state index in [4.69, 9.17) is 0 Å². The molecule has 0 saturated heterocycles. The fourth-order valence-electron chi connectivity index (χ4n) is 0.977. The van der Waals surface area contributed by atoms with Gasteiger partial charge in [0, 0.05) is 0 Å². The van der Waals surface area contributed by atoms with Gasteiger partial charge >= 0.3 is 17.1 Å². The number of carbonyl (C=O) groups is 1. The van der Waals surface area contributed by atoms with Crippen molar-refractivity contribution >= 4 is 5.78 Å². The molecule has 0 radical (unpaired) electrons. The summed E-state index contributed by atoms with van der Waals surface area (Å²) in [4.78, 5) is 10.8. The quantitative estimate of drug-likeness (QED) is 0.341. The second-order valence-electron chi connectivity index (χ2n) is 2.70. The van der Waals surface area contributed by atoms with Crippen molar-refractivity contribution in [3.63, 3.8) is 0 Å². The minimum atomic E-state index is -0.0139. The molecule has 2 heteroatoms. The van der Waals surface area contributed by atoms with Gasteiger partial charge in [-0.2, -0.15) is 30.3 Å². The summed E-state index contributed by atoms with van der Waals surface area (Å²) in [6.07, 6.45) is 1.31. The van der Waals surface area contributed by atoms with Crippen LogP contribution in [0.25, 0.3) is 0 Å². The number of hydrogen-bond donors (Lipinski definition) is 0. The molecule has 0 aliphatic heterocycles. The number of rotatable bonds is 2. The summed E-state index contributed by atoms with van der Waals surface area (Å²) < 4.78 is 0. The van der Waals surface area contributed by atoms with Crippen LogP contribution in [0.5, 0.6) is 0 Å². The third-order valence-corrected chi connectivity index (χ3v) is 1.69. The van der Waals surface area contributed by atoms with Gasteiger partial charge < -0.3 is 4.79 Å². The smallest absolute Gasteiger partial charge is 0.311 e. The molecule has 2 aromatic carbocycles. The largest absolute Gasteiger partial charge is 2.00 e. The molecular weight excluding hydrogens is 228 g/mol. The van der Waals surface area contributed by atoms with Crippen LogP contribution in [0.2, 0.25) is 0 Å². The van der Waals surface area contributed by atoms with Gasteiger partial charge in [-0.15, -0.1) is 18.7 Å². The normalized spacial score (nSPS) is 8.00. The fourth-order valence-corrected chi connectivity index (χ4v) is 0.977. The van der Waals surface area contributed by atoms with Gasteiger partial charge in [0.25, 0.3) is 0 Å². The Labute approximate surface area is 101 Å². The van der Waals surface area contributed by atoms with Crippen molar-refractivity contribution in [2.75, 3.05) is 0 Å². The first kappa shape index (κ1) is 13.6. The summed E-state index contributed by atoms with van der Waals surface area (Å²) in [7, 11) is 0. The molecule has 0 heterocycles. The van der Waals surface area contributed by atoms with Crippen molar-refractivity contribution < 1.29 is 21.9 Å². The van der Waals surface area contributed by atoms with E-state index < -0.39 is 0 Å². The molecule has 0 aromatic heterocycles. The summed E-state index contributed by atoms with van der Waals surface area (Å²) in [6, 6.07) is 17.2. The summed E-state index contributed by atoms with van der Waals surface area (Å²) >= 11 is 0. The van der Waals surface area contributed by atoms with Crippen LogP contribution < -0.4 is 0 Å². The molecule has 0 amide bonds. The Morgan fingerprint density at radius 2 is 1.67 bits per heavy atom. The number of allylic oxidation sites excluding steroid dienone is 1. The molecule has 0 atom stereocenters. The molecule has 15 heavy (non-hydrogen) atoms. The third kappa shape index (κ3) is 5.16. The van der Waals surface area contributed by atoms with E-state index in [0.717, 1.165) is 0 Å². The van der Waals surface area contributed by atoms with Gasteiger partial charge in [0.05, 0.1) is 0 Å². The molecule has 0 fully saturated rings. The number of carbonyl (C=O) groups excluding carboxylic acids is 1. The van der Waals surface area contributed by atoms with Crippen LogP contribution in [-0.4, -0.2) is 5.78 Å². The van der Waals surface area contributed by atoms with Crippen LogP contribution in [0.4, 0.5) is 0 Å². The summed E-state index contributed by atoms with van der Waals surface area (Å²) in [5, 5.41) is 0. The SMILES string of the molecule is C=CC(=O)[c-]1cccc1.[Fe+2].c1cc[cH-]c1. The molecule has 0 N–H and O–H groups in total. The zero-order chi connectivity index (χ0) is 10.2. The van der Waals surface area contributed by atoms with Crippen molar-refractivity contribution in [1.82, 2.24) is 0 Å². The van der Waals surface area contributed by atoms with Gasteiger partial charge in [0.15, 0.2) is 0 Å². The summed E-state index contributed by atoms with van der Waals surface area (Å²) in [5.41, 5.74) is 0.713. The molecule has 2 aromatic rings. The van der Waals surface area contributed by atoms with Gasteiger partial charge in [0.1, 0.15) is 5.78 Å². The topological polar surface area (TPSA) is 17.1 Å². The van der Waals surface area contributed by atoms with E-state index >= 15 is 0 Å². The summed E-state index contributed by atoms with van der Waals surface area (Å²) in [6.45, 7) is 3.37. The number of hydrogen-bond acceptors (Lipinski definition) is 1. The first-order chi connectivity index (χ1) is 6.84. The van der Waals surface area contributed by atoms with Crippen molar-refractivity contribution in [1.29, 1.82) is 0 Å². The third-order valence-electron chi connectivity index (χ3n) is 1.69. The van der Waals surface area contributed by atoms with E-state index in [2.05, 4.69) is 6.58 Å². The average Bonchev–Trinajstić information content (AvgIpc) is 2.91. The van der Waals surface area contributed by atoms with Crippen LogP contribution in [0.15, 0.2) is 67.3 Å². The fraction of sp³-hybridized carbons (Fsp3) is 0. The first-order valence-electron chi connectivity index (χ1n) is 4.40. The Morgan fingerprint density at radius 3 is 2.00 bits per heavy atom. The molecule has 1 nitrogen and oxygen atoms in total. The molecule has 0 spiro atoms. The number of ketones is 1. The van der Waals surface area contributed by atoms with E-state index in [-0.39, 0.29) is 22.9 Å². The zero-order valence-corrected chi connectivity index (χ0v) is 9.35. The van der Waals surface area contributed by atoms with Crippen molar-refractivity contribution in [2.45, 2.75) is 0 Å². The predicted octanol–water partition coefficient (Wildman–Crippen LogP) is 3.18. The Kier molecular flexibility index (Phi) is 7.25. The van der Waals surface area contributed by atoms with Crippen LogP contribution >= 0.6 is 0 Å². The average molecular weight is 240 g/mol. The Balaban J connectivity index is 0.000000280. The van der Waals surface area contributed by atoms with Crippen LogP contribution in [-0.2, 0) is 17.1 Å². The maximum atomic E-state index is 10.8. The molecule has 78 valence electrons. The second-order valence-corrected chi connectivity index (χ2v) is 2.70. The minimum Gasteiger partial charge on any atom is -0.311 e. The van der Waals surface area contributed by atoms with Gasteiger partial charge in [0.2, 0.25) is 0 Å². The maximum absolute atomic E-state index is 10.8. The molecule has 0 bridgehead atoms. The van der Waals surface area contributed by atoms with E-state index in [9.17, 15) is 4.79 Å². The van der Waals surface area contributed by atoms with Gasteiger partial charge in [-0.25, -0.2) is 12.1 Å². The Morgan fingerprint density at radius 1 is 1.13 bits per heavy atom. The van der Waals surface area contributed by atoms with Gasteiger partial charge in [-0.1, -0.05) is 11.6 Å². The van der Waals surface area contributed by atoms with Crippen molar-refractivity contribution in [2.24, 2.45) is 0 Å². The van der Waals surface area contributed by atoms with E-state index in [0.29, 0.717) is 5.56 Å². The van der Waals surface area contributed by atoms with Crippen LogP contribution in [0.3, 0.4) is 0 Å². The van der Waals surface area contributed by atoms with Crippen LogP contribution in [0.1, 0.15) is 10.4 Å². The Bertz CT molecular complexity index is 340. The molecule has 2 rings (SSSR count). The molecule has 0 saturated carbocycles. The molecule has 0 aliphatic carbocycles. The Hall–Kier alpha value is -1.37. The first-order valence-corrected chi connectivity index (χ1v) is 4.40. The summed E-state index contributed by atoms with van der Waals surface area (Å²) in [5.74, 6) is -0.0139. The maximum Gasteiger partial charge on any atom is 2.00 e. The van der Waals surface area contributed by atoms with Crippen molar-refractivity contribution in [3.8, 4) is 0 Å². The van der Waals surface area contributed by atoms with Crippen LogP contribution in [0, 0.1) is 0 Å². The molecular formula is C13H12FeO. The molecule has 0 aliphatic rings. The monoisotopic (exact) mass is 240 g/mol.